The van der Waals surface area contributed by atoms with E-state index in [9.17, 15) is 4.79 Å². The van der Waals surface area contributed by atoms with Gasteiger partial charge in [0.2, 0.25) is 0 Å². The second-order valence-corrected chi connectivity index (χ2v) is 6.61. The number of nitrogens with one attached hydrogen (secondary N) is 2. The summed E-state index contributed by atoms with van der Waals surface area (Å²) in [5.74, 6) is -0.00937. The molecule has 0 atom stereocenters. The van der Waals surface area contributed by atoms with Crippen LogP contribution in [-0.2, 0) is 0 Å². The molecule has 0 unspecified atom stereocenters. The summed E-state index contributed by atoms with van der Waals surface area (Å²) in [4.78, 5) is 19.7. The van der Waals surface area contributed by atoms with Crippen molar-refractivity contribution in [3.05, 3.63) is 48.0 Å². The van der Waals surface area contributed by atoms with Crippen LogP contribution in [0.25, 0.3) is 11.0 Å². The molecule has 1 saturated carbocycles. The number of carbonyl (C=O) groups is 1. The third-order valence-corrected chi connectivity index (χ3v) is 4.82. The predicted molar refractivity (Wildman–Crippen MR) is 91.8 cm³/mol. The molecule has 2 N–H and O–H groups in total. The predicted octanol–water partition coefficient (Wildman–Crippen LogP) is 2.98. The molecule has 0 bridgehead atoms. The fourth-order valence-electron chi connectivity index (χ4n) is 3.46. The Morgan fingerprint density at radius 1 is 1.29 bits per heavy atom. The first-order chi connectivity index (χ1) is 11.7. The molecule has 1 aromatic carbocycles. The van der Waals surface area contributed by atoms with Crippen LogP contribution >= 0.6 is 0 Å². The molecule has 0 spiro atoms. The Morgan fingerprint density at radius 3 is 2.88 bits per heavy atom. The van der Waals surface area contributed by atoms with Crippen molar-refractivity contribution in [3.63, 3.8) is 0 Å². The molecule has 124 valence electrons. The molecular weight excluding hydrogens is 302 g/mol. The number of rotatable bonds is 3. The number of nitrogens with zero attached hydrogens (tertiary/aromatic N) is 3. The average molecular weight is 323 g/mol. The number of imidazole rings is 1. The zero-order valence-electron chi connectivity index (χ0n) is 13.7. The summed E-state index contributed by atoms with van der Waals surface area (Å²) < 4.78 is 2.07. The van der Waals surface area contributed by atoms with Crippen molar-refractivity contribution < 1.29 is 4.79 Å². The highest BCUT2D eigenvalue weighted by Gasteiger charge is 2.24. The first-order valence-electron chi connectivity index (χ1n) is 8.44. The van der Waals surface area contributed by atoms with Gasteiger partial charge in [-0.05, 0) is 56.4 Å². The third kappa shape index (κ3) is 2.91. The molecule has 0 saturated heterocycles. The van der Waals surface area contributed by atoms with E-state index in [2.05, 4.69) is 38.2 Å². The molecule has 1 aliphatic rings. The molecule has 1 amide bonds. The minimum absolute atomic E-state index is 0.00937. The molecule has 2 heterocycles. The molecule has 6 heteroatoms. The minimum Gasteiger partial charge on any atom is -0.349 e. The fourth-order valence-corrected chi connectivity index (χ4v) is 3.46. The number of hydrogen-bond acceptors (Lipinski definition) is 3. The maximum Gasteiger partial charge on any atom is 0.251 e. The summed E-state index contributed by atoms with van der Waals surface area (Å²) >= 11 is 0. The lowest BCUT2D eigenvalue weighted by Gasteiger charge is -2.29. The van der Waals surface area contributed by atoms with Gasteiger partial charge in [-0.2, -0.15) is 5.10 Å². The zero-order chi connectivity index (χ0) is 16.5. The van der Waals surface area contributed by atoms with E-state index in [1.807, 2.05) is 24.4 Å². The average Bonchev–Trinajstić information content (AvgIpc) is 3.23. The quantitative estimate of drug-likeness (QED) is 0.778. The van der Waals surface area contributed by atoms with Crippen molar-refractivity contribution in [2.45, 2.75) is 44.7 Å². The van der Waals surface area contributed by atoms with Gasteiger partial charge in [0.1, 0.15) is 0 Å². The van der Waals surface area contributed by atoms with E-state index >= 15 is 0 Å². The number of aryl methyl sites for hydroxylation is 1. The second kappa shape index (κ2) is 6.11. The normalized spacial score (nSPS) is 21.0. The van der Waals surface area contributed by atoms with Crippen LogP contribution in [0.3, 0.4) is 0 Å². The number of amides is 1. The Labute approximate surface area is 140 Å². The number of hydrogen-bond donors (Lipinski definition) is 2. The van der Waals surface area contributed by atoms with Crippen LogP contribution in [0.15, 0.2) is 36.9 Å². The summed E-state index contributed by atoms with van der Waals surface area (Å²) in [6.07, 6.45) is 9.72. The van der Waals surface area contributed by atoms with Crippen LogP contribution in [0.2, 0.25) is 0 Å². The Morgan fingerprint density at radius 2 is 2.12 bits per heavy atom. The van der Waals surface area contributed by atoms with E-state index in [0.717, 1.165) is 36.7 Å². The van der Waals surface area contributed by atoms with Crippen molar-refractivity contribution in [1.82, 2.24) is 25.1 Å². The Kier molecular flexibility index (Phi) is 3.80. The first kappa shape index (κ1) is 14.9. The van der Waals surface area contributed by atoms with Crippen LogP contribution in [-0.4, -0.2) is 31.7 Å². The summed E-state index contributed by atoms with van der Waals surface area (Å²) in [5.41, 5.74) is 3.64. The Balaban J connectivity index is 1.37. The monoisotopic (exact) mass is 323 g/mol. The lowest BCUT2D eigenvalue weighted by molar-refractivity contribution is 0.0922. The maximum absolute atomic E-state index is 12.5. The van der Waals surface area contributed by atoms with E-state index in [1.54, 1.807) is 6.33 Å². The Bertz CT molecular complexity index is 857. The molecular formula is C18H21N5O. The van der Waals surface area contributed by atoms with Gasteiger partial charge in [0.25, 0.3) is 5.91 Å². The lowest BCUT2D eigenvalue weighted by Crippen LogP contribution is -2.38. The van der Waals surface area contributed by atoms with Gasteiger partial charge in [0.05, 0.1) is 29.6 Å². The summed E-state index contributed by atoms with van der Waals surface area (Å²) in [6, 6.07) is 6.25. The highest BCUT2D eigenvalue weighted by atomic mass is 16.1. The molecule has 2 aromatic heterocycles. The van der Waals surface area contributed by atoms with Gasteiger partial charge >= 0.3 is 0 Å². The highest BCUT2D eigenvalue weighted by Crippen LogP contribution is 2.28. The molecule has 6 nitrogen and oxygen atoms in total. The van der Waals surface area contributed by atoms with Gasteiger partial charge in [-0.3, -0.25) is 9.48 Å². The SMILES string of the molecule is Cc1cnn(C2CCC(NC(=O)c3ccc4nc[nH]c4c3)CC2)c1. The van der Waals surface area contributed by atoms with Crippen molar-refractivity contribution in [1.29, 1.82) is 0 Å². The van der Waals surface area contributed by atoms with Crippen LogP contribution in [0.4, 0.5) is 0 Å². The molecule has 3 aromatic rings. The molecule has 4 rings (SSSR count). The molecule has 0 aliphatic heterocycles. The number of fused-ring (bicyclic) bond motifs is 1. The van der Waals surface area contributed by atoms with Crippen LogP contribution in [0.1, 0.15) is 47.6 Å². The van der Waals surface area contributed by atoms with Gasteiger partial charge in [-0.1, -0.05) is 0 Å². The number of H-pyrrole nitrogens is 1. The first-order valence-corrected chi connectivity index (χ1v) is 8.44. The maximum atomic E-state index is 12.5. The number of aromatic nitrogens is 4. The van der Waals surface area contributed by atoms with Crippen LogP contribution in [0.5, 0.6) is 0 Å². The lowest BCUT2D eigenvalue weighted by atomic mass is 9.91. The van der Waals surface area contributed by atoms with E-state index in [4.69, 9.17) is 0 Å². The second-order valence-electron chi connectivity index (χ2n) is 6.61. The standard InChI is InChI=1S/C18H21N5O/c1-12-9-21-23(10-12)15-5-3-14(4-6-15)22-18(24)13-2-7-16-17(8-13)20-11-19-16/h2,7-11,14-15H,3-6H2,1H3,(H,19,20)(H,22,24). The van der Waals surface area contributed by atoms with E-state index in [-0.39, 0.29) is 11.9 Å². The van der Waals surface area contributed by atoms with Crippen molar-refractivity contribution in [2.24, 2.45) is 0 Å². The number of aromatic amines is 1. The van der Waals surface area contributed by atoms with E-state index < -0.39 is 0 Å². The van der Waals surface area contributed by atoms with Gasteiger partial charge in [-0.25, -0.2) is 4.98 Å². The van der Waals surface area contributed by atoms with Crippen molar-refractivity contribution in [2.75, 3.05) is 0 Å². The van der Waals surface area contributed by atoms with E-state index in [1.165, 1.54) is 5.56 Å². The topological polar surface area (TPSA) is 75.6 Å². The van der Waals surface area contributed by atoms with Crippen molar-refractivity contribution in [3.8, 4) is 0 Å². The van der Waals surface area contributed by atoms with Gasteiger partial charge in [0, 0.05) is 17.8 Å². The van der Waals surface area contributed by atoms with Crippen molar-refractivity contribution >= 4 is 16.9 Å². The van der Waals surface area contributed by atoms with E-state index in [0.29, 0.717) is 11.6 Å². The zero-order valence-corrected chi connectivity index (χ0v) is 13.7. The Hall–Kier alpha value is -2.63. The number of carbonyl (C=O) groups excluding carboxylic acids is 1. The largest absolute Gasteiger partial charge is 0.349 e. The molecule has 0 radical (unpaired) electrons. The van der Waals surface area contributed by atoms with Crippen LogP contribution in [0, 0.1) is 6.92 Å². The third-order valence-electron chi connectivity index (χ3n) is 4.82. The summed E-state index contributed by atoms with van der Waals surface area (Å²) in [5, 5.41) is 7.58. The fraction of sp³-hybridized carbons (Fsp3) is 0.389. The summed E-state index contributed by atoms with van der Waals surface area (Å²) in [6.45, 7) is 2.06. The molecule has 24 heavy (non-hydrogen) atoms. The molecule has 1 aliphatic carbocycles. The number of benzene rings is 1. The van der Waals surface area contributed by atoms with Gasteiger partial charge in [-0.15, -0.1) is 0 Å². The molecule has 1 fully saturated rings. The minimum atomic E-state index is -0.00937. The highest BCUT2D eigenvalue weighted by molar-refractivity contribution is 5.97. The van der Waals surface area contributed by atoms with Gasteiger partial charge < -0.3 is 10.3 Å². The summed E-state index contributed by atoms with van der Waals surface area (Å²) in [7, 11) is 0. The van der Waals surface area contributed by atoms with Gasteiger partial charge in [0.15, 0.2) is 0 Å². The van der Waals surface area contributed by atoms with Crippen LogP contribution < -0.4 is 5.32 Å². The smallest absolute Gasteiger partial charge is 0.251 e.